The summed E-state index contributed by atoms with van der Waals surface area (Å²) < 4.78 is 0. The maximum absolute atomic E-state index is 8.14. The molecule has 1 aromatic carbocycles. The maximum Gasteiger partial charge on any atom is 0.0906 e. The summed E-state index contributed by atoms with van der Waals surface area (Å²) in [7, 11) is 0. The van der Waals surface area contributed by atoms with Crippen LogP contribution in [0.3, 0.4) is 0 Å². The van der Waals surface area contributed by atoms with Gasteiger partial charge in [0.05, 0.1) is 5.71 Å². The Morgan fingerprint density at radius 1 is 1.42 bits per heavy atom. The highest BCUT2D eigenvalue weighted by molar-refractivity contribution is 5.99. The molecule has 1 N–H and O–H groups in total. The molecule has 3 heteroatoms. The van der Waals surface area contributed by atoms with E-state index >= 15 is 0 Å². The predicted molar refractivity (Wildman–Crippen MR) is 47.0 cm³/mol. The summed E-state index contributed by atoms with van der Waals surface area (Å²) in [6.45, 7) is 1.95. The second-order valence-corrected chi connectivity index (χ2v) is 2.34. The second-order valence-electron chi connectivity index (χ2n) is 2.34. The van der Waals surface area contributed by atoms with Crippen LogP contribution in [0.1, 0.15) is 18.9 Å². The van der Waals surface area contributed by atoms with Gasteiger partial charge in [0.25, 0.3) is 0 Å². The Bertz CT molecular complexity index is 256. The highest BCUT2D eigenvalue weighted by Gasteiger charge is 1.99. The number of benzene rings is 1. The summed E-state index contributed by atoms with van der Waals surface area (Å²) in [4.78, 5) is 3.74. The van der Waals surface area contributed by atoms with E-state index in [1.54, 1.807) is 0 Å². The fourth-order valence-corrected chi connectivity index (χ4v) is 1.00. The van der Waals surface area contributed by atoms with Crippen molar-refractivity contribution in [2.45, 2.75) is 13.3 Å². The Hall–Kier alpha value is -1.35. The Balaban J connectivity index is 2.88. The number of hydrogen-bond acceptors (Lipinski definition) is 3. The Morgan fingerprint density at radius 2 is 2.08 bits per heavy atom. The van der Waals surface area contributed by atoms with Crippen LogP contribution in [0.2, 0.25) is 0 Å². The Kier molecular flexibility index (Phi) is 3.29. The molecule has 0 aromatic heterocycles. The van der Waals surface area contributed by atoms with Gasteiger partial charge in [0.15, 0.2) is 0 Å². The van der Waals surface area contributed by atoms with E-state index in [0.717, 1.165) is 17.7 Å². The van der Waals surface area contributed by atoms with E-state index in [0.29, 0.717) is 0 Å². The summed E-state index contributed by atoms with van der Waals surface area (Å²) in [5.41, 5.74) is 1.70. The molecule has 1 rings (SSSR count). The van der Waals surface area contributed by atoms with Crippen LogP contribution >= 0.6 is 0 Å². The summed E-state index contributed by atoms with van der Waals surface area (Å²) in [6.07, 6.45) is 0.727. The first-order valence-corrected chi connectivity index (χ1v) is 3.81. The van der Waals surface area contributed by atoms with E-state index in [-0.39, 0.29) is 0 Å². The minimum Gasteiger partial charge on any atom is -0.223 e. The van der Waals surface area contributed by atoms with Gasteiger partial charge in [-0.15, -0.1) is 0 Å². The van der Waals surface area contributed by atoms with Crippen LogP contribution in [0, 0.1) is 0 Å². The molecular formula is C9H11NO2. The van der Waals surface area contributed by atoms with Gasteiger partial charge in [0, 0.05) is 0 Å². The third kappa shape index (κ3) is 2.07. The molecular weight excluding hydrogens is 154 g/mol. The molecule has 12 heavy (non-hydrogen) atoms. The van der Waals surface area contributed by atoms with Gasteiger partial charge in [-0.2, -0.15) is 5.26 Å². The van der Waals surface area contributed by atoms with E-state index < -0.39 is 0 Å². The first-order chi connectivity index (χ1) is 5.88. The molecule has 0 heterocycles. The molecule has 0 radical (unpaired) electrons. The summed E-state index contributed by atoms with van der Waals surface area (Å²) in [5.74, 6) is 0. The number of rotatable bonds is 3. The van der Waals surface area contributed by atoms with Gasteiger partial charge in [-0.3, -0.25) is 0 Å². The number of oxime groups is 1. The molecule has 0 aliphatic rings. The highest BCUT2D eigenvalue weighted by Crippen LogP contribution is 2.03. The minimum absolute atomic E-state index is 0.727. The van der Waals surface area contributed by atoms with E-state index in [4.69, 9.17) is 5.26 Å². The quantitative estimate of drug-likeness (QED) is 0.424. The maximum atomic E-state index is 8.14. The Labute approximate surface area is 71.2 Å². The number of nitrogens with zero attached hydrogens (tertiary/aromatic N) is 1. The van der Waals surface area contributed by atoms with Crippen molar-refractivity contribution in [1.82, 2.24) is 0 Å². The standard InChI is InChI=1S/C9H11NO2/c1-2-9(10-12-11)8-6-4-3-5-7-8/h3-7,11H,2H2,1H3. The molecule has 0 fully saturated rings. The molecule has 0 saturated carbocycles. The molecule has 0 amide bonds. The smallest absolute Gasteiger partial charge is 0.0906 e. The molecule has 0 unspecified atom stereocenters. The molecule has 0 aliphatic heterocycles. The van der Waals surface area contributed by atoms with E-state index in [1.165, 1.54) is 0 Å². The molecule has 0 saturated heterocycles. The zero-order chi connectivity index (χ0) is 8.81. The van der Waals surface area contributed by atoms with Crippen molar-refractivity contribution in [2.75, 3.05) is 0 Å². The van der Waals surface area contributed by atoms with Gasteiger partial charge in [0.2, 0.25) is 0 Å². The summed E-state index contributed by atoms with van der Waals surface area (Å²) in [6, 6.07) is 9.59. The van der Waals surface area contributed by atoms with Crippen LogP contribution in [0.15, 0.2) is 35.5 Å². The van der Waals surface area contributed by atoms with Crippen LogP contribution in [0.4, 0.5) is 0 Å². The largest absolute Gasteiger partial charge is 0.223 e. The van der Waals surface area contributed by atoms with Gasteiger partial charge in [-0.25, -0.2) is 4.99 Å². The van der Waals surface area contributed by atoms with E-state index in [2.05, 4.69) is 10.1 Å². The van der Waals surface area contributed by atoms with Gasteiger partial charge < -0.3 is 0 Å². The van der Waals surface area contributed by atoms with Gasteiger partial charge in [-0.05, 0) is 17.1 Å². The lowest BCUT2D eigenvalue weighted by Gasteiger charge is -1.99. The lowest BCUT2D eigenvalue weighted by atomic mass is 10.1. The molecule has 0 aliphatic carbocycles. The third-order valence-corrected chi connectivity index (χ3v) is 1.59. The van der Waals surface area contributed by atoms with Crippen molar-refractivity contribution in [3.8, 4) is 0 Å². The monoisotopic (exact) mass is 165 g/mol. The summed E-state index contributed by atoms with van der Waals surface area (Å²) >= 11 is 0. The first-order valence-electron chi connectivity index (χ1n) is 3.81. The normalized spacial score (nSPS) is 11.3. The van der Waals surface area contributed by atoms with E-state index in [1.807, 2.05) is 37.3 Å². The molecule has 3 nitrogen and oxygen atoms in total. The SMILES string of the molecule is CCC(=NOO)c1ccccc1. The van der Waals surface area contributed by atoms with Crippen molar-refractivity contribution in [1.29, 1.82) is 0 Å². The van der Waals surface area contributed by atoms with Crippen LogP contribution < -0.4 is 0 Å². The van der Waals surface area contributed by atoms with Crippen LogP contribution in [-0.4, -0.2) is 11.0 Å². The molecule has 0 atom stereocenters. The van der Waals surface area contributed by atoms with Crippen molar-refractivity contribution >= 4 is 5.71 Å². The van der Waals surface area contributed by atoms with Crippen LogP contribution in [0.25, 0.3) is 0 Å². The highest BCUT2D eigenvalue weighted by atomic mass is 17.2. The minimum atomic E-state index is 0.727. The topological polar surface area (TPSA) is 41.8 Å². The second kappa shape index (κ2) is 4.51. The fourth-order valence-electron chi connectivity index (χ4n) is 1.00. The lowest BCUT2D eigenvalue weighted by Crippen LogP contribution is -1.98. The average molecular weight is 165 g/mol. The molecule has 0 spiro atoms. The van der Waals surface area contributed by atoms with Gasteiger partial charge in [0.1, 0.15) is 0 Å². The predicted octanol–water partition coefficient (Wildman–Crippen LogP) is 2.29. The fraction of sp³-hybridized carbons (Fsp3) is 0.222. The average Bonchev–Trinajstić information content (AvgIpc) is 2.15. The molecule has 64 valence electrons. The van der Waals surface area contributed by atoms with Crippen LogP contribution in [-0.2, 0) is 4.99 Å². The molecule has 0 bridgehead atoms. The van der Waals surface area contributed by atoms with Gasteiger partial charge in [-0.1, -0.05) is 37.3 Å². The molecule has 1 aromatic rings. The van der Waals surface area contributed by atoms with E-state index in [9.17, 15) is 0 Å². The summed E-state index contributed by atoms with van der Waals surface area (Å²) in [5, 5.41) is 11.6. The van der Waals surface area contributed by atoms with Crippen molar-refractivity contribution in [3.05, 3.63) is 35.9 Å². The number of hydrogen-bond donors (Lipinski definition) is 1. The van der Waals surface area contributed by atoms with Crippen molar-refractivity contribution in [3.63, 3.8) is 0 Å². The first kappa shape index (κ1) is 8.74. The lowest BCUT2D eigenvalue weighted by molar-refractivity contribution is -0.243. The zero-order valence-electron chi connectivity index (χ0n) is 6.90. The van der Waals surface area contributed by atoms with Crippen LogP contribution in [0.5, 0.6) is 0 Å². The zero-order valence-corrected chi connectivity index (χ0v) is 6.90. The Morgan fingerprint density at radius 3 is 2.58 bits per heavy atom. The van der Waals surface area contributed by atoms with Gasteiger partial charge >= 0.3 is 0 Å². The van der Waals surface area contributed by atoms with Crippen molar-refractivity contribution < 1.29 is 10.2 Å². The third-order valence-electron chi connectivity index (χ3n) is 1.59. The van der Waals surface area contributed by atoms with Crippen molar-refractivity contribution in [2.24, 2.45) is 5.16 Å².